The zero-order valence-corrected chi connectivity index (χ0v) is 12.1. The van der Waals surface area contributed by atoms with Gasteiger partial charge in [-0.1, -0.05) is 30.3 Å². The van der Waals surface area contributed by atoms with Crippen LogP contribution in [0.1, 0.15) is 11.1 Å². The van der Waals surface area contributed by atoms with Gasteiger partial charge in [0.05, 0.1) is 13.2 Å². The number of nitrogens with zero attached hydrogens (tertiary/aromatic N) is 1. The predicted octanol–water partition coefficient (Wildman–Crippen LogP) is -0.949. The molecule has 0 saturated carbocycles. The summed E-state index contributed by atoms with van der Waals surface area (Å²) in [6, 6.07) is 14.3. The fourth-order valence-electron chi connectivity index (χ4n) is 2.09. The first-order chi connectivity index (χ1) is 8.92. The molecule has 4 heteroatoms. The van der Waals surface area contributed by atoms with Crippen molar-refractivity contribution >= 4 is 0 Å². The topological polar surface area (TPSA) is 22.3 Å². The molecule has 0 unspecified atom stereocenters. The summed E-state index contributed by atoms with van der Waals surface area (Å²) in [7, 11) is 0. The maximum absolute atomic E-state index is 5.79. The number of halogens is 1. The van der Waals surface area contributed by atoms with Crippen molar-refractivity contribution in [2.75, 3.05) is 0 Å². The van der Waals surface area contributed by atoms with Crippen molar-refractivity contribution in [1.29, 1.82) is 0 Å². The van der Waals surface area contributed by atoms with Gasteiger partial charge in [-0.15, -0.1) is 0 Å². The van der Waals surface area contributed by atoms with Crippen LogP contribution >= 0.6 is 0 Å². The van der Waals surface area contributed by atoms with Crippen LogP contribution in [-0.2, 0) is 29.2 Å². The molecule has 100 valence electrons. The summed E-state index contributed by atoms with van der Waals surface area (Å²) in [6.45, 7) is 1.96. The third kappa shape index (κ3) is 3.62. The highest BCUT2D eigenvalue weighted by Crippen LogP contribution is 2.17. The minimum atomic E-state index is -0.190. The van der Waals surface area contributed by atoms with E-state index in [1.165, 1.54) is 11.1 Å². The zero-order valence-electron chi connectivity index (χ0n) is 10.5. The van der Waals surface area contributed by atoms with Gasteiger partial charge in [0.25, 0.3) is 0 Å². The average Bonchev–Trinajstić information content (AvgIpc) is 2.63. The van der Waals surface area contributed by atoms with Gasteiger partial charge in [0.1, 0.15) is 0 Å². The van der Waals surface area contributed by atoms with Crippen molar-refractivity contribution in [3.8, 4) is 0 Å². The fraction of sp³-hybridized carbons (Fsp3) is 0.267. The Labute approximate surface area is 123 Å². The van der Waals surface area contributed by atoms with Crippen LogP contribution in [0.4, 0.5) is 0 Å². The minimum Gasteiger partial charge on any atom is -1.00 e. The maximum Gasteiger partial charge on any atom is 0.218 e. The van der Waals surface area contributed by atoms with Crippen LogP contribution < -0.4 is 21.5 Å². The first kappa shape index (κ1) is 14.2. The summed E-state index contributed by atoms with van der Waals surface area (Å²) in [6.07, 6.45) is 3.85. The molecule has 2 aromatic rings. The molecular weight excluding hydrogens is 306 g/mol. The lowest BCUT2D eigenvalue weighted by Crippen LogP contribution is -3.00. The average molecular weight is 322 g/mol. The first-order valence-corrected chi connectivity index (χ1v) is 6.16. The molecule has 3 rings (SSSR count). The number of rotatable bonds is 2. The quantitative estimate of drug-likeness (QED) is 0.666. The molecular formula is C15H16BrNO2. The summed E-state index contributed by atoms with van der Waals surface area (Å²) < 4.78 is 13.7. The van der Waals surface area contributed by atoms with E-state index in [4.69, 9.17) is 9.47 Å². The second-order valence-electron chi connectivity index (χ2n) is 4.39. The second kappa shape index (κ2) is 6.80. The molecule has 0 N–H and O–H groups in total. The van der Waals surface area contributed by atoms with E-state index in [9.17, 15) is 0 Å². The number of hydrogen-bond acceptors (Lipinski definition) is 2. The summed E-state index contributed by atoms with van der Waals surface area (Å²) in [5.41, 5.74) is 2.44. The van der Waals surface area contributed by atoms with E-state index < -0.39 is 0 Å². The van der Waals surface area contributed by atoms with Crippen molar-refractivity contribution in [2.24, 2.45) is 0 Å². The molecule has 0 spiro atoms. The SMILES string of the molecule is [Br-].c1cc[n+](CC2OCc3ccccc3CO2)cc1. The van der Waals surface area contributed by atoms with E-state index in [1.807, 2.05) is 42.7 Å². The number of pyridine rings is 1. The van der Waals surface area contributed by atoms with Crippen LogP contribution in [0.3, 0.4) is 0 Å². The normalized spacial score (nSPS) is 15.2. The molecule has 0 radical (unpaired) electrons. The van der Waals surface area contributed by atoms with Crippen molar-refractivity contribution in [3.63, 3.8) is 0 Å². The summed E-state index contributed by atoms with van der Waals surface area (Å²) >= 11 is 0. The monoisotopic (exact) mass is 321 g/mol. The van der Waals surface area contributed by atoms with Gasteiger partial charge < -0.3 is 26.5 Å². The largest absolute Gasteiger partial charge is 1.00 e. The van der Waals surface area contributed by atoms with Gasteiger partial charge in [-0.2, -0.15) is 4.57 Å². The van der Waals surface area contributed by atoms with Crippen molar-refractivity contribution in [2.45, 2.75) is 26.0 Å². The third-order valence-corrected chi connectivity index (χ3v) is 3.11. The van der Waals surface area contributed by atoms with Gasteiger partial charge in [-0.25, -0.2) is 0 Å². The number of aromatic nitrogens is 1. The third-order valence-electron chi connectivity index (χ3n) is 3.11. The number of fused-ring (bicyclic) bond motifs is 1. The van der Waals surface area contributed by atoms with Crippen molar-refractivity contribution in [1.82, 2.24) is 0 Å². The molecule has 1 aliphatic rings. The number of ether oxygens (including phenoxy) is 2. The highest BCUT2D eigenvalue weighted by Gasteiger charge is 2.20. The van der Waals surface area contributed by atoms with E-state index in [0.717, 1.165) is 6.54 Å². The molecule has 0 aliphatic carbocycles. The van der Waals surface area contributed by atoms with Gasteiger partial charge in [-0.3, -0.25) is 0 Å². The van der Waals surface area contributed by atoms with Crippen molar-refractivity contribution < 1.29 is 31.0 Å². The van der Waals surface area contributed by atoms with Gasteiger partial charge in [0, 0.05) is 12.1 Å². The van der Waals surface area contributed by atoms with E-state index in [1.54, 1.807) is 0 Å². The predicted molar refractivity (Wildman–Crippen MR) is 66.4 cm³/mol. The highest BCUT2D eigenvalue weighted by atomic mass is 79.9. The van der Waals surface area contributed by atoms with Gasteiger partial charge in [0.15, 0.2) is 18.9 Å². The molecule has 0 atom stereocenters. The van der Waals surface area contributed by atoms with E-state index in [0.29, 0.717) is 13.2 Å². The van der Waals surface area contributed by atoms with E-state index in [-0.39, 0.29) is 23.3 Å². The standard InChI is InChI=1S/C15H16NO2.BrH/c1-4-8-16(9-5-1)10-15-17-11-13-6-2-3-7-14(13)12-18-15;/h1-9,15H,10-12H2;1H/q+1;/p-1. The van der Waals surface area contributed by atoms with Gasteiger partial charge in [0.2, 0.25) is 6.29 Å². The molecule has 0 amide bonds. The first-order valence-electron chi connectivity index (χ1n) is 6.16. The Kier molecular flexibility index (Phi) is 5.07. The van der Waals surface area contributed by atoms with Crippen LogP contribution in [0.5, 0.6) is 0 Å². The fourth-order valence-corrected chi connectivity index (χ4v) is 2.09. The molecule has 1 aromatic carbocycles. The van der Waals surface area contributed by atoms with Crippen LogP contribution in [0.15, 0.2) is 54.9 Å². The zero-order chi connectivity index (χ0) is 12.2. The Morgan fingerprint density at radius 1 is 0.895 bits per heavy atom. The van der Waals surface area contributed by atoms with Crippen LogP contribution in [0, 0.1) is 0 Å². The molecule has 0 saturated heterocycles. The number of benzene rings is 1. The Morgan fingerprint density at radius 2 is 1.47 bits per heavy atom. The Bertz CT molecular complexity index is 492. The van der Waals surface area contributed by atoms with E-state index in [2.05, 4.69) is 16.7 Å². The summed E-state index contributed by atoms with van der Waals surface area (Å²) in [4.78, 5) is 0. The smallest absolute Gasteiger partial charge is 0.218 e. The maximum atomic E-state index is 5.79. The summed E-state index contributed by atoms with van der Waals surface area (Å²) in [5.74, 6) is 0. The van der Waals surface area contributed by atoms with Gasteiger partial charge >= 0.3 is 0 Å². The second-order valence-corrected chi connectivity index (χ2v) is 4.39. The lowest BCUT2D eigenvalue weighted by molar-refractivity contribution is -0.711. The Balaban J connectivity index is 0.00000133. The molecule has 2 heterocycles. The minimum absolute atomic E-state index is 0. The Morgan fingerprint density at radius 3 is 2.05 bits per heavy atom. The highest BCUT2D eigenvalue weighted by molar-refractivity contribution is 5.26. The molecule has 1 aliphatic heterocycles. The van der Waals surface area contributed by atoms with Gasteiger partial charge in [-0.05, 0) is 11.1 Å². The molecule has 3 nitrogen and oxygen atoms in total. The lowest BCUT2D eigenvalue weighted by atomic mass is 10.1. The van der Waals surface area contributed by atoms with Crippen molar-refractivity contribution in [3.05, 3.63) is 66.0 Å². The van der Waals surface area contributed by atoms with Crippen LogP contribution in [0.25, 0.3) is 0 Å². The molecule has 19 heavy (non-hydrogen) atoms. The lowest BCUT2D eigenvalue weighted by Gasteiger charge is -2.11. The molecule has 1 aromatic heterocycles. The summed E-state index contributed by atoms with van der Waals surface area (Å²) in [5, 5.41) is 0. The van der Waals surface area contributed by atoms with Crippen LogP contribution in [-0.4, -0.2) is 6.29 Å². The molecule has 0 bridgehead atoms. The molecule has 0 fully saturated rings. The van der Waals surface area contributed by atoms with E-state index >= 15 is 0 Å². The number of hydrogen-bond donors (Lipinski definition) is 0. The Hall–Kier alpha value is -1.23. The van der Waals surface area contributed by atoms with Crippen LogP contribution in [0.2, 0.25) is 0 Å².